The minimum Gasteiger partial charge on any atom is -0.480 e. The van der Waals surface area contributed by atoms with Gasteiger partial charge in [0.05, 0.1) is 0 Å². The monoisotopic (exact) mass is 391 g/mol. The van der Waals surface area contributed by atoms with E-state index in [0.717, 1.165) is 12.8 Å². The molecule has 1 atom stereocenters. The van der Waals surface area contributed by atoms with Gasteiger partial charge in [-0.05, 0) is 12.8 Å². The van der Waals surface area contributed by atoms with E-state index < -0.39 is 11.5 Å². The van der Waals surface area contributed by atoms with Gasteiger partial charge in [0.25, 0.3) is 0 Å². The zero-order chi connectivity index (χ0) is 18.8. The third-order valence-corrected chi connectivity index (χ3v) is 5.53. The van der Waals surface area contributed by atoms with E-state index >= 15 is 0 Å². The normalized spacial score (nSPS) is 13.2. The molecule has 0 aliphatic rings. The van der Waals surface area contributed by atoms with Gasteiger partial charge in [0.1, 0.15) is 5.54 Å². The maximum Gasteiger partial charge on any atom is 0.323 e. The first-order valence-corrected chi connectivity index (χ1v) is 11.1. The summed E-state index contributed by atoms with van der Waals surface area (Å²) in [7, 11) is 0. The minimum atomic E-state index is -1.00. The molecule has 26 heavy (non-hydrogen) atoms. The van der Waals surface area contributed by atoms with E-state index in [1.807, 2.05) is 6.92 Å². The summed E-state index contributed by atoms with van der Waals surface area (Å²) >= 11 is 0. The molecule has 0 radical (unpaired) electrons. The highest BCUT2D eigenvalue weighted by Crippen LogP contribution is 2.18. The van der Waals surface area contributed by atoms with Crippen LogP contribution in [0.5, 0.6) is 0 Å². The molecular weight excluding hydrogens is 346 g/mol. The van der Waals surface area contributed by atoms with Crippen molar-refractivity contribution in [2.75, 3.05) is 0 Å². The van der Waals surface area contributed by atoms with Crippen LogP contribution in [0.25, 0.3) is 0 Å². The molecular formula is C22H46ClNO2. The fourth-order valence-electron chi connectivity index (χ4n) is 3.42. The number of hydrogen-bond donors (Lipinski definition) is 2. The molecule has 0 aliphatic carbocycles. The number of carboxylic acids is 1. The molecule has 0 amide bonds. The molecule has 0 heterocycles. The molecule has 0 rings (SSSR count). The van der Waals surface area contributed by atoms with Gasteiger partial charge < -0.3 is 10.8 Å². The Labute approximate surface area is 169 Å². The van der Waals surface area contributed by atoms with Crippen molar-refractivity contribution in [3.63, 3.8) is 0 Å². The Morgan fingerprint density at radius 3 is 1.27 bits per heavy atom. The van der Waals surface area contributed by atoms with Crippen molar-refractivity contribution in [3.05, 3.63) is 0 Å². The zero-order valence-corrected chi connectivity index (χ0v) is 18.4. The summed E-state index contributed by atoms with van der Waals surface area (Å²) in [5.74, 6) is -0.851. The maximum atomic E-state index is 11.1. The molecule has 0 saturated carbocycles. The quantitative estimate of drug-likeness (QED) is 0.228. The number of hydrogen-bond acceptors (Lipinski definition) is 2. The number of nitrogens with two attached hydrogens (primary N) is 1. The fourth-order valence-corrected chi connectivity index (χ4v) is 3.42. The first kappa shape index (κ1) is 27.9. The van der Waals surface area contributed by atoms with Crippen LogP contribution in [0, 0.1) is 0 Å². The average molecular weight is 392 g/mol. The molecule has 0 aromatic rings. The molecule has 158 valence electrons. The van der Waals surface area contributed by atoms with E-state index in [9.17, 15) is 4.79 Å². The lowest BCUT2D eigenvalue weighted by molar-refractivity contribution is -0.143. The number of carbonyl (C=O) groups is 1. The molecule has 0 bridgehead atoms. The molecule has 0 aromatic carbocycles. The van der Waals surface area contributed by atoms with E-state index in [1.165, 1.54) is 89.9 Å². The van der Waals surface area contributed by atoms with Gasteiger partial charge in [-0.15, -0.1) is 12.4 Å². The van der Waals surface area contributed by atoms with Gasteiger partial charge in [-0.25, -0.2) is 0 Å². The largest absolute Gasteiger partial charge is 0.480 e. The lowest BCUT2D eigenvalue weighted by Crippen LogP contribution is -2.47. The average Bonchev–Trinajstić information content (AvgIpc) is 2.61. The minimum absolute atomic E-state index is 0. The third kappa shape index (κ3) is 15.9. The highest BCUT2D eigenvalue weighted by Gasteiger charge is 2.30. The van der Waals surface area contributed by atoms with Crippen LogP contribution in [0.15, 0.2) is 0 Å². The van der Waals surface area contributed by atoms with E-state index in [1.54, 1.807) is 0 Å². The molecule has 0 aromatic heterocycles. The van der Waals surface area contributed by atoms with Gasteiger partial charge in [0.2, 0.25) is 0 Å². The fraction of sp³-hybridized carbons (Fsp3) is 0.955. The highest BCUT2D eigenvalue weighted by molar-refractivity contribution is 5.85. The van der Waals surface area contributed by atoms with E-state index in [0.29, 0.717) is 12.8 Å². The van der Waals surface area contributed by atoms with Crippen LogP contribution < -0.4 is 5.73 Å². The predicted molar refractivity (Wildman–Crippen MR) is 116 cm³/mol. The summed E-state index contributed by atoms with van der Waals surface area (Å²) < 4.78 is 0. The Hall–Kier alpha value is -0.280. The number of aliphatic carboxylic acids is 1. The highest BCUT2D eigenvalue weighted by atomic mass is 35.5. The number of rotatable bonds is 19. The Morgan fingerprint density at radius 2 is 1.00 bits per heavy atom. The first-order chi connectivity index (χ1) is 12.1. The van der Waals surface area contributed by atoms with E-state index in [2.05, 4.69) is 6.92 Å². The van der Waals surface area contributed by atoms with Crippen LogP contribution in [-0.2, 0) is 4.79 Å². The van der Waals surface area contributed by atoms with Crippen molar-refractivity contribution in [1.82, 2.24) is 0 Å². The van der Waals surface area contributed by atoms with Crippen LogP contribution in [-0.4, -0.2) is 16.6 Å². The molecule has 3 nitrogen and oxygen atoms in total. The summed E-state index contributed by atoms with van der Waals surface area (Å²) in [5, 5.41) is 9.13. The lowest BCUT2D eigenvalue weighted by Gasteiger charge is -2.22. The summed E-state index contributed by atoms with van der Waals surface area (Å²) in [6.07, 6.45) is 22.5. The second-order valence-electron chi connectivity index (χ2n) is 7.87. The molecule has 0 aliphatic heterocycles. The topological polar surface area (TPSA) is 63.3 Å². The Kier molecular flexibility index (Phi) is 20.9. The molecule has 0 fully saturated rings. The van der Waals surface area contributed by atoms with Gasteiger partial charge >= 0.3 is 5.97 Å². The number of unbranched alkanes of at least 4 members (excludes halogenated alkanes) is 15. The van der Waals surface area contributed by atoms with Gasteiger partial charge in [0, 0.05) is 0 Å². The van der Waals surface area contributed by atoms with E-state index in [-0.39, 0.29) is 12.4 Å². The van der Waals surface area contributed by atoms with Gasteiger partial charge in [-0.1, -0.05) is 117 Å². The third-order valence-electron chi connectivity index (χ3n) is 5.53. The zero-order valence-electron chi connectivity index (χ0n) is 17.6. The number of halogens is 1. The van der Waals surface area contributed by atoms with E-state index in [4.69, 9.17) is 10.8 Å². The van der Waals surface area contributed by atoms with Crippen molar-refractivity contribution >= 4 is 18.4 Å². The Bertz CT molecular complexity index is 313. The molecule has 4 heteroatoms. The van der Waals surface area contributed by atoms with Crippen LogP contribution >= 0.6 is 12.4 Å². The van der Waals surface area contributed by atoms with Crippen LogP contribution in [0.4, 0.5) is 0 Å². The van der Waals surface area contributed by atoms with Crippen molar-refractivity contribution in [2.45, 2.75) is 135 Å². The summed E-state index contributed by atoms with van der Waals surface area (Å²) in [6, 6.07) is 0. The summed E-state index contributed by atoms with van der Waals surface area (Å²) in [6.45, 7) is 4.14. The van der Waals surface area contributed by atoms with Crippen molar-refractivity contribution in [3.8, 4) is 0 Å². The second kappa shape index (κ2) is 19.5. The van der Waals surface area contributed by atoms with Crippen molar-refractivity contribution < 1.29 is 9.90 Å². The second-order valence-corrected chi connectivity index (χ2v) is 7.87. The van der Waals surface area contributed by atoms with Crippen LogP contribution in [0.1, 0.15) is 129 Å². The molecule has 0 spiro atoms. The molecule has 3 N–H and O–H groups in total. The Morgan fingerprint density at radius 1 is 0.692 bits per heavy atom. The number of carboxylic acid groups (broad SMARTS) is 1. The molecule has 1 unspecified atom stereocenters. The maximum absolute atomic E-state index is 11.1. The Balaban J connectivity index is 0. The standard InChI is InChI=1S/C22H45NO2.ClH/c1-3-5-6-7-8-9-10-11-12-13-14-15-16-17-18-19-20-22(23,4-2)21(24)25;/h3-20,23H2,1-2H3,(H,24,25);1H. The van der Waals surface area contributed by atoms with Gasteiger partial charge in [0.15, 0.2) is 0 Å². The van der Waals surface area contributed by atoms with Crippen molar-refractivity contribution in [2.24, 2.45) is 5.73 Å². The predicted octanol–water partition coefficient (Wildman–Crippen LogP) is 7.25. The summed E-state index contributed by atoms with van der Waals surface area (Å²) in [4.78, 5) is 11.1. The SMILES string of the molecule is CCCCCCCCCCCCCCCCCCC(N)(CC)C(=O)O.Cl. The lowest BCUT2D eigenvalue weighted by atomic mass is 9.90. The van der Waals surface area contributed by atoms with Crippen molar-refractivity contribution in [1.29, 1.82) is 0 Å². The van der Waals surface area contributed by atoms with Crippen LogP contribution in [0.3, 0.4) is 0 Å². The summed E-state index contributed by atoms with van der Waals surface area (Å²) in [5.41, 5.74) is 4.90. The van der Waals surface area contributed by atoms with Gasteiger partial charge in [-0.3, -0.25) is 4.79 Å². The van der Waals surface area contributed by atoms with Gasteiger partial charge in [-0.2, -0.15) is 0 Å². The van der Waals surface area contributed by atoms with Crippen LogP contribution in [0.2, 0.25) is 0 Å². The molecule has 0 saturated heterocycles. The smallest absolute Gasteiger partial charge is 0.323 e. The first-order valence-electron chi connectivity index (χ1n) is 11.1.